The summed E-state index contributed by atoms with van der Waals surface area (Å²) in [5.41, 5.74) is 1.86. The first-order valence-corrected chi connectivity index (χ1v) is 11.8. The molecule has 0 spiro atoms. The highest BCUT2D eigenvalue weighted by Crippen LogP contribution is 2.32. The van der Waals surface area contributed by atoms with Crippen LogP contribution in [0.4, 0.5) is 5.69 Å². The number of anilines is 1. The summed E-state index contributed by atoms with van der Waals surface area (Å²) in [6, 6.07) is 6.43. The molecule has 0 unspecified atom stereocenters. The Kier molecular flexibility index (Phi) is 4.90. The lowest BCUT2D eigenvalue weighted by Gasteiger charge is -2.12. The highest BCUT2D eigenvalue weighted by atomic mass is 35.5. The average Bonchev–Trinajstić information content (AvgIpc) is 3.24. The third-order valence-corrected chi connectivity index (χ3v) is 7.04. The Morgan fingerprint density at radius 2 is 2.03 bits per heavy atom. The molecule has 1 aliphatic heterocycles. The van der Waals surface area contributed by atoms with E-state index in [9.17, 15) is 8.42 Å². The van der Waals surface area contributed by atoms with Crippen LogP contribution in [-0.4, -0.2) is 33.3 Å². The van der Waals surface area contributed by atoms with Gasteiger partial charge in [-0.2, -0.15) is 0 Å². The van der Waals surface area contributed by atoms with E-state index in [1.165, 1.54) is 12.3 Å². The molecule has 1 N–H and O–H groups in total. The molecule has 5 rings (SSSR count). The van der Waals surface area contributed by atoms with E-state index in [4.69, 9.17) is 16.1 Å². The Morgan fingerprint density at radius 1 is 1.16 bits per heavy atom. The van der Waals surface area contributed by atoms with Gasteiger partial charge in [-0.05, 0) is 44.0 Å². The predicted molar refractivity (Wildman–Crippen MR) is 115 cm³/mol. The molecule has 31 heavy (non-hydrogen) atoms. The smallest absolute Gasteiger partial charge is 0.263 e. The molecule has 0 atom stereocenters. The number of sulfonamides is 1. The van der Waals surface area contributed by atoms with Crippen molar-refractivity contribution in [3.8, 4) is 11.4 Å². The summed E-state index contributed by atoms with van der Waals surface area (Å²) in [7, 11) is -3.89. The van der Waals surface area contributed by atoms with Crippen LogP contribution in [0, 0.1) is 6.92 Å². The van der Waals surface area contributed by atoms with Crippen LogP contribution < -0.4 is 4.72 Å². The fraction of sp³-hybridized carbons (Fsp3) is 0.300. The van der Waals surface area contributed by atoms with Crippen molar-refractivity contribution < 1.29 is 12.9 Å². The van der Waals surface area contributed by atoms with Crippen molar-refractivity contribution in [1.29, 1.82) is 0 Å². The minimum atomic E-state index is -3.89. The van der Waals surface area contributed by atoms with Gasteiger partial charge in [-0.3, -0.25) is 4.72 Å². The highest BCUT2D eigenvalue weighted by molar-refractivity contribution is 7.92. The quantitative estimate of drug-likeness (QED) is 0.491. The number of benzene rings is 1. The fourth-order valence-corrected chi connectivity index (χ4v) is 4.95. The first-order chi connectivity index (χ1) is 14.9. The lowest BCUT2D eigenvalue weighted by molar-refractivity contribution is 0.442. The Labute approximate surface area is 183 Å². The summed E-state index contributed by atoms with van der Waals surface area (Å²) in [6.07, 6.45) is 5.37. The number of rotatable bonds is 4. The topological polar surface area (TPSA) is 116 Å². The van der Waals surface area contributed by atoms with Gasteiger partial charge in [0.1, 0.15) is 10.7 Å². The minimum absolute atomic E-state index is 0.0131. The van der Waals surface area contributed by atoms with E-state index < -0.39 is 10.0 Å². The maximum Gasteiger partial charge on any atom is 0.263 e. The zero-order valence-corrected chi connectivity index (χ0v) is 18.2. The van der Waals surface area contributed by atoms with Gasteiger partial charge in [0, 0.05) is 24.2 Å². The van der Waals surface area contributed by atoms with E-state index in [0.717, 1.165) is 38.1 Å². The molecule has 0 saturated carbocycles. The second-order valence-corrected chi connectivity index (χ2v) is 9.58. The maximum absolute atomic E-state index is 13.0. The van der Waals surface area contributed by atoms with Crippen molar-refractivity contribution in [2.45, 2.75) is 44.0 Å². The molecule has 1 aliphatic rings. The number of aryl methyl sites for hydroxylation is 2. The molecule has 11 heteroatoms. The van der Waals surface area contributed by atoms with Crippen molar-refractivity contribution in [1.82, 2.24) is 24.9 Å². The monoisotopic (exact) mass is 458 g/mol. The summed E-state index contributed by atoms with van der Waals surface area (Å²) >= 11 is 6.44. The zero-order chi connectivity index (χ0) is 21.6. The molecule has 4 heterocycles. The van der Waals surface area contributed by atoms with Gasteiger partial charge < -0.3 is 9.09 Å². The highest BCUT2D eigenvalue weighted by Gasteiger charge is 2.21. The van der Waals surface area contributed by atoms with Crippen LogP contribution in [0.15, 0.2) is 39.9 Å². The third-order valence-electron chi connectivity index (χ3n) is 5.36. The number of nitrogens with zero attached hydrogens (tertiary/aromatic N) is 5. The van der Waals surface area contributed by atoms with E-state index in [-0.39, 0.29) is 10.6 Å². The first-order valence-electron chi connectivity index (χ1n) is 9.89. The number of pyridine rings is 1. The molecule has 3 aromatic heterocycles. The van der Waals surface area contributed by atoms with E-state index >= 15 is 0 Å². The summed E-state index contributed by atoms with van der Waals surface area (Å²) in [4.78, 5) is 4.06. The molecular weight excluding hydrogens is 440 g/mol. The van der Waals surface area contributed by atoms with Crippen LogP contribution in [0.3, 0.4) is 0 Å². The summed E-state index contributed by atoms with van der Waals surface area (Å²) < 4.78 is 35.7. The predicted octanol–water partition coefficient (Wildman–Crippen LogP) is 3.97. The molecule has 0 bridgehead atoms. The van der Waals surface area contributed by atoms with Crippen LogP contribution in [-0.2, 0) is 23.0 Å². The average molecular weight is 459 g/mol. The number of nitrogens with one attached hydrogen (secondary N) is 1. The summed E-state index contributed by atoms with van der Waals surface area (Å²) in [6.45, 7) is 2.54. The van der Waals surface area contributed by atoms with Crippen molar-refractivity contribution in [2.24, 2.45) is 0 Å². The van der Waals surface area contributed by atoms with Gasteiger partial charge in [-0.15, -0.1) is 10.2 Å². The van der Waals surface area contributed by atoms with Gasteiger partial charge in [0.05, 0.1) is 22.3 Å². The van der Waals surface area contributed by atoms with Gasteiger partial charge >= 0.3 is 0 Å². The molecule has 0 saturated heterocycles. The fourth-order valence-electron chi connectivity index (χ4n) is 3.73. The van der Waals surface area contributed by atoms with E-state index in [2.05, 4.69) is 29.6 Å². The Morgan fingerprint density at radius 3 is 2.90 bits per heavy atom. The van der Waals surface area contributed by atoms with Crippen LogP contribution in [0.25, 0.3) is 22.5 Å². The Balaban J connectivity index is 1.50. The number of hydrogen-bond acceptors (Lipinski definition) is 7. The molecular formula is C20H19ClN6O3S. The van der Waals surface area contributed by atoms with Crippen molar-refractivity contribution in [3.63, 3.8) is 0 Å². The number of hydrogen-bond donors (Lipinski definition) is 1. The van der Waals surface area contributed by atoms with Crippen LogP contribution in [0.2, 0.25) is 5.02 Å². The van der Waals surface area contributed by atoms with Gasteiger partial charge in [0.15, 0.2) is 5.82 Å². The van der Waals surface area contributed by atoms with Crippen LogP contribution >= 0.6 is 11.6 Å². The Bertz CT molecular complexity index is 1400. The minimum Gasteiger partial charge on any atom is -0.336 e. The Hall–Kier alpha value is -2.98. The van der Waals surface area contributed by atoms with E-state index in [1.807, 2.05) is 0 Å². The molecule has 0 fully saturated rings. The SMILES string of the molecule is Cc1noc2ncc(S(=O)(=O)Nc3ccc(Cl)c(-c4nnc5n4CCCCC5)c3)cc12. The second kappa shape index (κ2) is 7.61. The molecule has 0 aliphatic carbocycles. The number of halogens is 1. The van der Waals surface area contributed by atoms with Gasteiger partial charge in [-0.1, -0.05) is 23.2 Å². The summed E-state index contributed by atoms with van der Waals surface area (Å²) in [5.74, 6) is 1.57. The van der Waals surface area contributed by atoms with Crippen LogP contribution in [0.1, 0.15) is 30.8 Å². The lowest BCUT2D eigenvalue weighted by atomic mass is 10.2. The molecule has 160 valence electrons. The van der Waals surface area contributed by atoms with E-state index in [0.29, 0.717) is 33.2 Å². The third kappa shape index (κ3) is 3.66. The first kappa shape index (κ1) is 20.0. The zero-order valence-electron chi connectivity index (χ0n) is 16.7. The van der Waals surface area contributed by atoms with Gasteiger partial charge in [0.2, 0.25) is 0 Å². The maximum atomic E-state index is 13.0. The molecule has 1 aromatic carbocycles. The second-order valence-electron chi connectivity index (χ2n) is 7.49. The molecule has 4 aromatic rings. The summed E-state index contributed by atoms with van der Waals surface area (Å²) in [5, 5.41) is 13.5. The lowest BCUT2D eigenvalue weighted by Crippen LogP contribution is -2.13. The molecule has 0 radical (unpaired) electrons. The molecule has 0 amide bonds. The van der Waals surface area contributed by atoms with Crippen molar-refractivity contribution >= 4 is 38.4 Å². The normalized spacial score (nSPS) is 14.4. The van der Waals surface area contributed by atoms with Crippen molar-refractivity contribution in [3.05, 3.63) is 47.0 Å². The number of aromatic nitrogens is 5. The number of fused-ring (bicyclic) bond motifs is 2. The molecule has 9 nitrogen and oxygen atoms in total. The van der Waals surface area contributed by atoms with Crippen molar-refractivity contribution in [2.75, 3.05) is 4.72 Å². The van der Waals surface area contributed by atoms with E-state index in [1.54, 1.807) is 25.1 Å². The van der Waals surface area contributed by atoms with Gasteiger partial charge in [-0.25, -0.2) is 13.4 Å². The van der Waals surface area contributed by atoms with Gasteiger partial charge in [0.25, 0.3) is 15.7 Å². The van der Waals surface area contributed by atoms with Crippen LogP contribution in [0.5, 0.6) is 0 Å². The standard InChI is InChI=1S/C20H19ClN6O3S/c1-12-15-10-14(11-22-20(15)30-25-12)31(28,29)26-13-6-7-17(21)16(9-13)19-24-23-18-5-3-2-4-8-27(18)19/h6-7,9-11,26H,2-5,8H2,1H3. The largest absolute Gasteiger partial charge is 0.336 e.